The predicted octanol–water partition coefficient (Wildman–Crippen LogP) is 1.13. The smallest absolute Gasteiger partial charge is 0.265 e. The molecule has 0 aliphatic rings. The van der Waals surface area contributed by atoms with Crippen LogP contribution in [0.25, 0.3) is 0 Å². The van der Waals surface area contributed by atoms with Crippen LogP contribution in [0, 0.1) is 11.3 Å². The van der Waals surface area contributed by atoms with Crippen LogP contribution in [0.3, 0.4) is 0 Å². The normalized spacial score (nSPS) is 10.3. The van der Waals surface area contributed by atoms with Gasteiger partial charge in [0.1, 0.15) is 5.82 Å². The van der Waals surface area contributed by atoms with Gasteiger partial charge in [0.25, 0.3) is 6.43 Å². The first-order chi connectivity index (χ1) is 7.10. The van der Waals surface area contributed by atoms with E-state index in [4.69, 9.17) is 16.7 Å². The molecule has 0 aliphatic heterocycles. The molecule has 80 valence electrons. The number of aromatic nitrogens is 1. The van der Waals surface area contributed by atoms with Crippen LogP contribution in [0.2, 0.25) is 0 Å². The first kappa shape index (κ1) is 11.3. The maximum absolute atomic E-state index is 12.6. The van der Waals surface area contributed by atoms with E-state index in [9.17, 15) is 8.78 Å². The predicted molar refractivity (Wildman–Crippen MR) is 50.8 cm³/mol. The highest BCUT2D eigenvalue weighted by Gasteiger charge is 2.16. The van der Waals surface area contributed by atoms with Gasteiger partial charge in [-0.2, -0.15) is 5.26 Å². The average Bonchev–Trinajstić information content (AvgIpc) is 2.18. The Bertz CT molecular complexity index is 398. The molecule has 1 rings (SSSR count). The average molecular weight is 212 g/mol. The molecule has 1 aromatic heterocycles. The van der Waals surface area contributed by atoms with E-state index >= 15 is 0 Å². The lowest BCUT2D eigenvalue weighted by Crippen LogP contribution is -2.08. The second-order valence-corrected chi connectivity index (χ2v) is 2.91. The van der Waals surface area contributed by atoms with Crippen molar-refractivity contribution >= 4 is 5.82 Å². The van der Waals surface area contributed by atoms with E-state index in [-0.39, 0.29) is 30.0 Å². The van der Waals surface area contributed by atoms with Gasteiger partial charge >= 0.3 is 0 Å². The third-order valence-corrected chi connectivity index (χ3v) is 1.95. The molecular formula is C9H10F2N4. The number of nitriles is 1. The first-order valence-electron chi connectivity index (χ1n) is 4.23. The molecule has 0 spiro atoms. The van der Waals surface area contributed by atoms with Gasteiger partial charge in [0, 0.05) is 17.7 Å². The second-order valence-electron chi connectivity index (χ2n) is 2.91. The van der Waals surface area contributed by atoms with Crippen LogP contribution < -0.4 is 11.5 Å². The maximum Gasteiger partial charge on any atom is 0.265 e. The Labute approximate surface area is 85.5 Å². The van der Waals surface area contributed by atoms with Gasteiger partial charge in [0.2, 0.25) is 0 Å². The van der Waals surface area contributed by atoms with E-state index in [0.29, 0.717) is 5.56 Å². The Morgan fingerprint density at radius 2 is 2.20 bits per heavy atom. The van der Waals surface area contributed by atoms with Crippen LogP contribution in [0.1, 0.15) is 23.2 Å². The van der Waals surface area contributed by atoms with E-state index < -0.39 is 6.43 Å². The number of nitrogens with zero attached hydrogens (tertiary/aromatic N) is 2. The Hall–Kier alpha value is -1.74. The number of nitrogens with two attached hydrogens (primary N) is 2. The van der Waals surface area contributed by atoms with Crippen LogP contribution in [0.5, 0.6) is 0 Å². The zero-order valence-electron chi connectivity index (χ0n) is 7.87. The minimum absolute atomic E-state index is 0.0159. The summed E-state index contributed by atoms with van der Waals surface area (Å²) >= 11 is 0. The number of hydrogen-bond acceptors (Lipinski definition) is 4. The summed E-state index contributed by atoms with van der Waals surface area (Å²) in [7, 11) is 0. The molecule has 1 aromatic rings. The molecule has 15 heavy (non-hydrogen) atoms. The highest BCUT2D eigenvalue weighted by molar-refractivity contribution is 5.44. The van der Waals surface area contributed by atoms with Gasteiger partial charge < -0.3 is 11.5 Å². The van der Waals surface area contributed by atoms with Crippen LogP contribution in [-0.2, 0) is 13.0 Å². The molecule has 0 fully saturated rings. The van der Waals surface area contributed by atoms with Gasteiger partial charge in [-0.1, -0.05) is 0 Å². The molecule has 0 saturated carbocycles. The lowest BCUT2D eigenvalue weighted by atomic mass is 10.1. The minimum Gasteiger partial charge on any atom is -0.383 e. The van der Waals surface area contributed by atoms with Crippen molar-refractivity contribution in [1.82, 2.24) is 4.98 Å². The van der Waals surface area contributed by atoms with Crippen molar-refractivity contribution in [3.8, 4) is 6.07 Å². The molecular weight excluding hydrogens is 202 g/mol. The molecule has 0 saturated heterocycles. The molecule has 0 bridgehead atoms. The first-order valence-corrected chi connectivity index (χ1v) is 4.23. The number of nitrogen functional groups attached to an aromatic ring is 1. The van der Waals surface area contributed by atoms with Crippen LogP contribution in [0.4, 0.5) is 14.6 Å². The van der Waals surface area contributed by atoms with Crippen molar-refractivity contribution in [3.63, 3.8) is 0 Å². The van der Waals surface area contributed by atoms with Crippen LogP contribution >= 0.6 is 0 Å². The Morgan fingerprint density at radius 3 is 2.67 bits per heavy atom. The number of alkyl halides is 2. The number of halogens is 2. The fraction of sp³-hybridized carbons (Fsp3) is 0.333. The van der Waals surface area contributed by atoms with Crippen molar-refractivity contribution in [3.05, 3.63) is 22.9 Å². The minimum atomic E-state index is -2.67. The summed E-state index contributed by atoms with van der Waals surface area (Å²) in [5, 5.41) is 8.44. The standard InChI is InChI=1S/C9H10F2N4/c10-8(11)6-3-5(4-13)9(14)15-7(6)1-2-12/h3,8H,1,4,13H2,(H2,14,15). The zero-order chi connectivity index (χ0) is 11.4. The van der Waals surface area contributed by atoms with Crippen molar-refractivity contribution in [1.29, 1.82) is 5.26 Å². The number of pyridine rings is 1. The van der Waals surface area contributed by atoms with Crippen molar-refractivity contribution in [2.75, 3.05) is 5.73 Å². The summed E-state index contributed by atoms with van der Waals surface area (Å²) in [6.07, 6.45) is -2.86. The van der Waals surface area contributed by atoms with Crippen molar-refractivity contribution in [2.24, 2.45) is 5.73 Å². The molecule has 0 atom stereocenters. The van der Waals surface area contributed by atoms with E-state index in [2.05, 4.69) is 4.98 Å². The summed E-state index contributed by atoms with van der Waals surface area (Å²) in [6, 6.07) is 2.97. The van der Waals surface area contributed by atoms with Gasteiger partial charge in [-0.25, -0.2) is 13.8 Å². The Morgan fingerprint density at radius 1 is 1.53 bits per heavy atom. The van der Waals surface area contributed by atoms with E-state index in [1.807, 2.05) is 0 Å². The molecule has 0 aliphatic carbocycles. The van der Waals surface area contributed by atoms with E-state index in [0.717, 1.165) is 0 Å². The summed E-state index contributed by atoms with van der Waals surface area (Å²) in [5.74, 6) is 0.104. The van der Waals surface area contributed by atoms with Crippen molar-refractivity contribution < 1.29 is 8.78 Å². The Kier molecular flexibility index (Phi) is 3.52. The van der Waals surface area contributed by atoms with Crippen LogP contribution in [-0.4, -0.2) is 4.98 Å². The molecule has 0 amide bonds. The molecule has 0 unspecified atom stereocenters. The number of hydrogen-bond donors (Lipinski definition) is 2. The fourth-order valence-electron chi connectivity index (χ4n) is 1.20. The monoisotopic (exact) mass is 212 g/mol. The van der Waals surface area contributed by atoms with Crippen LogP contribution in [0.15, 0.2) is 6.07 Å². The summed E-state index contributed by atoms with van der Waals surface area (Å²) in [5.41, 5.74) is 10.9. The van der Waals surface area contributed by atoms with Gasteiger partial charge in [0.05, 0.1) is 18.2 Å². The third kappa shape index (κ3) is 2.39. The maximum atomic E-state index is 12.6. The lowest BCUT2D eigenvalue weighted by molar-refractivity contribution is 0.150. The summed E-state index contributed by atoms with van der Waals surface area (Å²) in [6.45, 7) is 0.0470. The number of anilines is 1. The fourth-order valence-corrected chi connectivity index (χ4v) is 1.20. The second kappa shape index (κ2) is 4.66. The summed E-state index contributed by atoms with van der Waals surface area (Å²) in [4.78, 5) is 3.75. The van der Waals surface area contributed by atoms with Gasteiger partial charge in [-0.05, 0) is 6.07 Å². The Balaban J connectivity index is 3.26. The zero-order valence-corrected chi connectivity index (χ0v) is 7.87. The summed E-state index contributed by atoms with van der Waals surface area (Å²) < 4.78 is 25.1. The van der Waals surface area contributed by atoms with Gasteiger partial charge in [-0.15, -0.1) is 0 Å². The molecule has 4 nitrogen and oxygen atoms in total. The third-order valence-electron chi connectivity index (χ3n) is 1.95. The molecule has 1 heterocycles. The quantitative estimate of drug-likeness (QED) is 0.785. The highest BCUT2D eigenvalue weighted by atomic mass is 19.3. The topological polar surface area (TPSA) is 88.7 Å². The van der Waals surface area contributed by atoms with Gasteiger partial charge in [0.15, 0.2) is 0 Å². The largest absolute Gasteiger partial charge is 0.383 e. The van der Waals surface area contributed by atoms with Crippen molar-refractivity contribution in [2.45, 2.75) is 19.4 Å². The molecule has 4 N–H and O–H groups in total. The molecule has 6 heteroatoms. The molecule has 0 radical (unpaired) electrons. The lowest BCUT2D eigenvalue weighted by Gasteiger charge is -2.09. The van der Waals surface area contributed by atoms with E-state index in [1.165, 1.54) is 6.07 Å². The highest BCUT2D eigenvalue weighted by Crippen LogP contribution is 2.25. The van der Waals surface area contributed by atoms with Gasteiger partial charge in [-0.3, -0.25) is 0 Å². The number of rotatable bonds is 3. The SMILES string of the molecule is N#CCc1nc(N)c(CN)cc1C(F)F. The molecule has 0 aromatic carbocycles. The van der Waals surface area contributed by atoms with E-state index in [1.54, 1.807) is 6.07 Å².